The molecule has 0 unspecified atom stereocenters. The Kier molecular flexibility index (Phi) is 5.63. The summed E-state index contributed by atoms with van der Waals surface area (Å²) < 4.78 is 4.96. The first-order chi connectivity index (χ1) is 10.9. The van der Waals surface area contributed by atoms with Crippen LogP contribution in [0.3, 0.4) is 0 Å². The van der Waals surface area contributed by atoms with Gasteiger partial charge >= 0.3 is 0 Å². The molecule has 1 heterocycles. The highest BCUT2D eigenvalue weighted by Crippen LogP contribution is 2.22. The standard InChI is InChI=1S/C15H15Cl2N3O3/c1-9-7-14(19-23-9)20(10(2)21)6-5-18-15(22)11-3-4-12(16)13(17)8-11/h3-4,7-8H,5-6H2,1-2H3,(H,18,22). The number of rotatable bonds is 5. The molecule has 0 atom stereocenters. The summed E-state index contributed by atoms with van der Waals surface area (Å²) in [4.78, 5) is 25.2. The fourth-order valence-corrected chi connectivity index (χ4v) is 2.23. The number of aromatic nitrogens is 1. The number of anilines is 1. The second-order valence-corrected chi connectivity index (χ2v) is 5.67. The Morgan fingerprint density at radius 2 is 2.00 bits per heavy atom. The van der Waals surface area contributed by atoms with Crippen LogP contribution >= 0.6 is 23.2 Å². The first kappa shape index (κ1) is 17.3. The summed E-state index contributed by atoms with van der Waals surface area (Å²) in [6, 6.07) is 6.28. The van der Waals surface area contributed by atoms with Gasteiger partial charge in [0.15, 0.2) is 5.82 Å². The Hall–Kier alpha value is -2.05. The zero-order valence-electron chi connectivity index (χ0n) is 12.6. The Bertz CT molecular complexity index is 731. The zero-order chi connectivity index (χ0) is 17.0. The van der Waals surface area contributed by atoms with Crippen LogP contribution in [0.2, 0.25) is 10.0 Å². The minimum absolute atomic E-state index is 0.193. The quantitative estimate of drug-likeness (QED) is 0.893. The van der Waals surface area contributed by atoms with Crippen molar-refractivity contribution in [1.29, 1.82) is 0 Å². The van der Waals surface area contributed by atoms with Crippen molar-refractivity contribution in [1.82, 2.24) is 10.5 Å². The summed E-state index contributed by atoms with van der Waals surface area (Å²) in [5.41, 5.74) is 0.394. The van der Waals surface area contributed by atoms with E-state index in [2.05, 4.69) is 10.5 Å². The molecule has 0 saturated heterocycles. The zero-order valence-corrected chi connectivity index (χ0v) is 14.1. The van der Waals surface area contributed by atoms with Crippen LogP contribution in [-0.2, 0) is 4.79 Å². The molecule has 0 aliphatic rings. The Morgan fingerprint density at radius 1 is 1.26 bits per heavy atom. The van der Waals surface area contributed by atoms with Gasteiger partial charge in [0.2, 0.25) is 5.91 Å². The molecule has 0 bridgehead atoms. The minimum Gasteiger partial charge on any atom is -0.360 e. The number of carbonyl (C=O) groups excluding carboxylic acids is 2. The maximum Gasteiger partial charge on any atom is 0.251 e. The predicted octanol–water partition coefficient (Wildman–Crippen LogP) is 3.07. The largest absolute Gasteiger partial charge is 0.360 e. The molecule has 0 spiro atoms. The van der Waals surface area contributed by atoms with Crippen molar-refractivity contribution in [2.75, 3.05) is 18.0 Å². The lowest BCUT2D eigenvalue weighted by Gasteiger charge is -2.17. The molecule has 0 saturated carbocycles. The maximum atomic E-state index is 12.0. The number of carbonyl (C=O) groups is 2. The highest BCUT2D eigenvalue weighted by molar-refractivity contribution is 6.42. The summed E-state index contributed by atoms with van der Waals surface area (Å²) >= 11 is 11.7. The molecule has 0 aliphatic carbocycles. The third-order valence-electron chi connectivity index (χ3n) is 3.07. The molecule has 122 valence electrons. The van der Waals surface area contributed by atoms with Gasteiger partial charge in [0.1, 0.15) is 5.76 Å². The Morgan fingerprint density at radius 3 is 2.57 bits per heavy atom. The lowest BCUT2D eigenvalue weighted by molar-refractivity contribution is -0.116. The molecule has 2 rings (SSSR count). The van der Waals surface area contributed by atoms with Crippen LogP contribution in [0.1, 0.15) is 23.0 Å². The van der Waals surface area contributed by atoms with Gasteiger partial charge in [-0.2, -0.15) is 0 Å². The molecule has 1 aromatic heterocycles. The van der Waals surface area contributed by atoms with E-state index in [0.717, 1.165) is 0 Å². The molecular weight excluding hydrogens is 341 g/mol. The fraction of sp³-hybridized carbons (Fsp3) is 0.267. The molecule has 8 heteroatoms. The number of hydrogen-bond donors (Lipinski definition) is 1. The SMILES string of the molecule is CC(=O)N(CCNC(=O)c1ccc(Cl)c(Cl)c1)c1cc(C)on1. The van der Waals surface area contributed by atoms with E-state index in [1.807, 2.05) is 0 Å². The monoisotopic (exact) mass is 355 g/mol. The van der Waals surface area contributed by atoms with Gasteiger partial charge in [-0.3, -0.25) is 14.5 Å². The second kappa shape index (κ2) is 7.48. The fourth-order valence-electron chi connectivity index (χ4n) is 1.93. The van der Waals surface area contributed by atoms with Crippen LogP contribution in [0.15, 0.2) is 28.8 Å². The predicted molar refractivity (Wildman–Crippen MR) is 88.1 cm³/mol. The van der Waals surface area contributed by atoms with E-state index in [0.29, 0.717) is 27.2 Å². The average Bonchev–Trinajstić information content (AvgIpc) is 2.92. The molecule has 0 aliphatic heterocycles. The van der Waals surface area contributed by atoms with Crippen LogP contribution in [0.4, 0.5) is 5.82 Å². The van der Waals surface area contributed by atoms with E-state index in [1.54, 1.807) is 25.1 Å². The van der Waals surface area contributed by atoms with Crippen molar-refractivity contribution in [3.05, 3.63) is 45.6 Å². The smallest absolute Gasteiger partial charge is 0.251 e. The highest BCUT2D eigenvalue weighted by atomic mass is 35.5. The van der Waals surface area contributed by atoms with Crippen LogP contribution in [0.5, 0.6) is 0 Å². The molecule has 2 amide bonds. The van der Waals surface area contributed by atoms with Crippen molar-refractivity contribution in [3.8, 4) is 0 Å². The number of halogens is 2. The van der Waals surface area contributed by atoms with Crippen molar-refractivity contribution in [2.24, 2.45) is 0 Å². The van der Waals surface area contributed by atoms with Crippen molar-refractivity contribution < 1.29 is 14.1 Å². The first-order valence-electron chi connectivity index (χ1n) is 6.83. The van der Waals surface area contributed by atoms with Crippen LogP contribution in [-0.4, -0.2) is 30.1 Å². The lowest BCUT2D eigenvalue weighted by Crippen LogP contribution is -2.37. The van der Waals surface area contributed by atoms with Crippen molar-refractivity contribution in [2.45, 2.75) is 13.8 Å². The minimum atomic E-state index is -0.302. The maximum absolute atomic E-state index is 12.0. The molecule has 2 aromatic rings. The summed E-state index contributed by atoms with van der Waals surface area (Å²) in [6.07, 6.45) is 0. The third-order valence-corrected chi connectivity index (χ3v) is 3.81. The van der Waals surface area contributed by atoms with Gasteiger partial charge in [-0.15, -0.1) is 0 Å². The summed E-state index contributed by atoms with van der Waals surface area (Å²) in [7, 11) is 0. The van der Waals surface area contributed by atoms with E-state index in [1.165, 1.54) is 17.9 Å². The topological polar surface area (TPSA) is 75.4 Å². The van der Waals surface area contributed by atoms with Gasteiger partial charge < -0.3 is 9.84 Å². The third kappa shape index (κ3) is 4.46. The van der Waals surface area contributed by atoms with Gasteiger partial charge in [0.25, 0.3) is 5.91 Å². The van der Waals surface area contributed by atoms with Gasteiger partial charge in [-0.25, -0.2) is 0 Å². The first-order valence-corrected chi connectivity index (χ1v) is 7.58. The van der Waals surface area contributed by atoms with E-state index in [-0.39, 0.29) is 24.9 Å². The van der Waals surface area contributed by atoms with Crippen LogP contribution < -0.4 is 10.2 Å². The Balaban J connectivity index is 1.95. The van der Waals surface area contributed by atoms with Crippen LogP contribution in [0, 0.1) is 6.92 Å². The number of benzene rings is 1. The normalized spacial score (nSPS) is 10.4. The summed E-state index contributed by atoms with van der Waals surface area (Å²) in [5, 5.41) is 7.20. The van der Waals surface area contributed by atoms with E-state index >= 15 is 0 Å². The molecule has 1 N–H and O–H groups in total. The molecule has 1 aromatic carbocycles. The molecule has 0 radical (unpaired) electrons. The summed E-state index contributed by atoms with van der Waals surface area (Å²) in [5.74, 6) is 0.523. The molecule has 6 nitrogen and oxygen atoms in total. The van der Waals surface area contributed by atoms with Gasteiger partial charge in [-0.1, -0.05) is 28.4 Å². The molecule has 0 fully saturated rings. The number of amides is 2. The second-order valence-electron chi connectivity index (χ2n) is 4.85. The van der Waals surface area contributed by atoms with Gasteiger partial charge in [0.05, 0.1) is 10.0 Å². The van der Waals surface area contributed by atoms with E-state index in [4.69, 9.17) is 27.7 Å². The van der Waals surface area contributed by atoms with Gasteiger partial charge in [-0.05, 0) is 25.1 Å². The summed E-state index contributed by atoms with van der Waals surface area (Å²) in [6.45, 7) is 3.69. The van der Waals surface area contributed by atoms with Crippen molar-refractivity contribution >= 4 is 40.8 Å². The van der Waals surface area contributed by atoms with E-state index < -0.39 is 0 Å². The molecule has 23 heavy (non-hydrogen) atoms. The van der Waals surface area contributed by atoms with Crippen LogP contribution in [0.25, 0.3) is 0 Å². The number of hydrogen-bond acceptors (Lipinski definition) is 4. The highest BCUT2D eigenvalue weighted by Gasteiger charge is 2.16. The Labute approximate surface area is 143 Å². The number of nitrogens with one attached hydrogen (secondary N) is 1. The number of aryl methyl sites for hydroxylation is 1. The number of nitrogens with zero attached hydrogens (tertiary/aromatic N) is 2. The molecular formula is C15H15Cl2N3O3. The van der Waals surface area contributed by atoms with Crippen molar-refractivity contribution in [3.63, 3.8) is 0 Å². The average molecular weight is 356 g/mol. The lowest BCUT2D eigenvalue weighted by atomic mass is 10.2. The van der Waals surface area contributed by atoms with Gasteiger partial charge in [0, 0.05) is 31.6 Å². The van der Waals surface area contributed by atoms with E-state index in [9.17, 15) is 9.59 Å².